The van der Waals surface area contributed by atoms with E-state index in [1.807, 2.05) is 6.07 Å². The summed E-state index contributed by atoms with van der Waals surface area (Å²) >= 11 is 0. The molecule has 2 aromatic heterocycles. The number of anilines is 1. The second-order valence-corrected chi connectivity index (χ2v) is 9.08. The molecule has 6 rings (SSSR count). The molecule has 10 heteroatoms. The first-order valence-electron chi connectivity index (χ1n) is 11.3. The number of nitriles is 1. The molecule has 1 N–H and O–H groups in total. The van der Waals surface area contributed by atoms with Gasteiger partial charge in [-0.15, -0.1) is 0 Å². The average molecular weight is 460 g/mol. The fraction of sp³-hybridized carbons (Fsp3) is 0.375. The molecule has 3 aromatic rings. The highest BCUT2D eigenvalue weighted by molar-refractivity contribution is 6.11. The van der Waals surface area contributed by atoms with Crippen LogP contribution in [-0.2, 0) is 15.0 Å². The summed E-state index contributed by atoms with van der Waals surface area (Å²) in [5, 5.41) is 16.1. The SMILES string of the molecule is N#C[C@@H]1CCCN1C(=O)CN1C(=O)C2(CC(Oc3ccc4[nH]ncc4n3)C2)c2c(F)cccc21. The number of amides is 2. The highest BCUT2D eigenvalue weighted by Crippen LogP contribution is 2.55. The van der Waals surface area contributed by atoms with Crippen LogP contribution in [0.4, 0.5) is 10.1 Å². The number of carbonyl (C=O) groups is 2. The van der Waals surface area contributed by atoms with Gasteiger partial charge in [0.2, 0.25) is 17.7 Å². The zero-order chi connectivity index (χ0) is 23.4. The molecule has 3 aliphatic rings. The first kappa shape index (κ1) is 20.6. The summed E-state index contributed by atoms with van der Waals surface area (Å²) in [5.74, 6) is -0.647. The van der Waals surface area contributed by atoms with Crippen LogP contribution in [0, 0.1) is 17.1 Å². The van der Waals surface area contributed by atoms with E-state index in [0.29, 0.717) is 48.5 Å². The number of carbonyl (C=O) groups excluding carboxylic acids is 2. The summed E-state index contributed by atoms with van der Waals surface area (Å²) in [6.45, 7) is 0.281. The molecule has 1 saturated carbocycles. The molecule has 1 aromatic carbocycles. The quantitative estimate of drug-likeness (QED) is 0.640. The van der Waals surface area contributed by atoms with Gasteiger partial charge in [-0.3, -0.25) is 14.7 Å². The van der Waals surface area contributed by atoms with E-state index in [2.05, 4.69) is 21.3 Å². The summed E-state index contributed by atoms with van der Waals surface area (Å²) in [7, 11) is 0. The van der Waals surface area contributed by atoms with Gasteiger partial charge in [-0.1, -0.05) is 6.07 Å². The van der Waals surface area contributed by atoms with E-state index in [1.54, 1.807) is 24.4 Å². The van der Waals surface area contributed by atoms with Crippen molar-refractivity contribution in [2.24, 2.45) is 0 Å². The lowest BCUT2D eigenvalue weighted by Crippen LogP contribution is -2.55. The first-order chi connectivity index (χ1) is 16.5. The summed E-state index contributed by atoms with van der Waals surface area (Å²) < 4.78 is 21.0. The molecule has 2 fully saturated rings. The number of pyridine rings is 1. The Morgan fingerprint density at radius 1 is 1.32 bits per heavy atom. The van der Waals surface area contributed by atoms with Crippen molar-refractivity contribution in [3.05, 3.63) is 47.9 Å². The Labute approximate surface area is 194 Å². The number of hydrogen-bond acceptors (Lipinski definition) is 6. The predicted octanol–water partition coefficient (Wildman–Crippen LogP) is 2.44. The predicted molar refractivity (Wildman–Crippen MR) is 118 cm³/mol. The van der Waals surface area contributed by atoms with Crippen molar-refractivity contribution in [1.29, 1.82) is 5.26 Å². The molecule has 2 amide bonds. The number of nitrogens with one attached hydrogen (secondary N) is 1. The molecule has 1 atom stereocenters. The number of aromatic amines is 1. The van der Waals surface area contributed by atoms with Gasteiger partial charge in [-0.25, -0.2) is 9.37 Å². The zero-order valence-corrected chi connectivity index (χ0v) is 18.2. The van der Waals surface area contributed by atoms with Crippen molar-refractivity contribution in [3.63, 3.8) is 0 Å². The van der Waals surface area contributed by atoms with Crippen LogP contribution < -0.4 is 9.64 Å². The number of aromatic nitrogens is 3. The van der Waals surface area contributed by atoms with Crippen LogP contribution in [0.1, 0.15) is 31.2 Å². The van der Waals surface area contributed by atoms with Gasteiger partial charge >= 0.3 is 0 Å². The normalized spacial score (nSPS) is 25.5. The highest BCUT2D eigenvalue weighted by atomic mass is 19.1. The van der Waals surface area contributed by atoms with Crippen LogP contribution in [-0.4, -0.2) is 57.1 Å². The lowest BCUT2D eigenvalue weighted by atomic mass is 9.63. The van der Waals surface area contributed by atoms with E-state index in [-0.39, 0.29) is 24.5 Å². The van der Waals surface area contributed by atoms with Crippen LogP contribution >= 0.6 is 0 Å². The van der Waals surface area contributed by atoms with Crippen molar-refractivity contribution in [1.82, 2.24) is 20.1 Å². The molecule has 9 nitrogen and oxygen atoms in total. The Bertz CT molecular complexity index is 1360. The number of H-pyrrole nitrogens is 1. The van der Waals surface area contributed by atoms with Gasteiger partial charge in [0.05, 0.1) is 28.9 Å². The number of rotatable bonds is 4. The summed E-state index contributed by atoms with van der Waals surface area (Å²) in [6.07, 6.45) is 3.25. The van der Waals surface area contributed by atoms with Gasteiger partial charge in [0, 0.05) is 31.0 Å². The van der Waals surface area contributed by atoms with E-state index in [4.69, 9.17) is 4.74 Å². The maximum Gasteiger partial charge on any atom is 0.243 e. The van der Waals surface area contributed by atoms with E-state index in [1.165, 1.54) is 15.9 Å². The van der Waals surface area contributed by atoms with Crippen molar-refractivity contribution in [2.45, 2.75) is 43.2 Å². The third-order valence-electron chi connectivity index (χ3n) is 7.14. The molecule has 1 saturated heterocycles. The monoisotopic (exact) mass is 460 g/mol. The number of likely N-dealkylation sites (tertiary alicyclic amines) is 1. The number of benzene rings is 1. The Kier molecular flexibility index (Phi) is 4.55. The average Bonchev–Trinajstić information content (AvgIpc) is 3.52. The molecule has 2 aliphatic heterocycles. The number of nitrogens with zero attached hydrogens (tertiary/aromatic N) is 5. The van der Waals surface area contributed by atoms with Gasteiger partial charge in [-0.2, -0.15) is 10.4 Å². The maximum absolute atomic E-state index is 15.0. The van der Waals surface area contributed by atoms with Crippen LogP contribution in [0.3, 0.4) is 0 Å². The molecule has 1 spiro atoms. The third kappa shape index (κ3) is 2.96. The van der Waals surface area contributed by atoms with Gasteiger partial charge < -0.3 is 14.5 Å². The van der Waals surface area contributed by atoms with Gasteiger partial charge in [0.15, 0.2) is 0 Å². The Morgan fingerprint density at radius 3 is 3.00 bits per heavy atom. The summed E-state index contributed by atoms with van der Waals surface area (Å²) in [6, 6.07) is 9.77. The molecule has 172 valence electrons. The summed E-state index contributed by atoms with van der Waals surface area (Å²) in [5.41, 5.74) is 1.13. The number of fused-ring (bicyclic) bond motifs is 3. The highest BCUT2D eigenvalue weighted by Gasteiger charge is 2.61. The van der Waals surface area contributed by atoms with Crippen molar-refractivity contribution >= 4 is 28.5 Å². The third-order valence-corrected chi connectivity index (χ3v) is 7.14. The molecule has 4 heterocycles. The number of ether oxygens (including phenoxy) is 1. The van der Waals surface area contributed by atoms with Gasteiger partial charge in [0.25, 0.3) is 0 Å². The minimum atomic E-state index is -1.06. The van der Waals surface area contributed by atoms with E-state index in [0.717, 1.165) is 11.9 Å². The first-order valence-corrected chi connectivity index (χ1v) is 11.3. The topological polar surface area (TPSA) is 115 Å². The number of hydrogen-bond donors (Lipinski definition) is 1. The molecule has 34 heavy (non-hydrogen) atoms. The molecule has 0 unspecified atom stereocenters. The molecule has 1 aliphatic carbocycles. The van der Waals surface area contributed by atoms with Crippen LogP contribution in [0.15, 0.2) is 36.5 Å². The molecular formula is C24H21FN6O3. The molecule has 0 radical (unpaired) electrons. The van der Waals surface area contributed by atoms with Crippen molar-refractivity contribution < 1.29 is 18.7 Å². The zero-order valence-electron chi connectivity index (χ0n) is 18.2. The minimum Gasteiger partial charge on any atom is -0.474 e. The molecule has 0 bridgehead atoms. The Morgan fingerprint density at radius 2 is 2.18 bits per heavy atom. The maximum atomic E-state index is 15.0. The van der Waals surface area contributed by atoms with Crippen LogP contribution in [0.25, 0.3) is 11.0 Å². The second kappa shape index (κ2) is 7.52. The van der Waals surface area contributed by atoms with Gasteiger partial charge in [0.1, 0.15) is 30.0 Å². The van der Waals surface area contributed by atoms with E-state index in [9.17, 15) is 14.9 Å². The largest absolute Gasteiger partial charge is 0.474 e. The number of halogens is 1. The van der Waals surface area contributed by atoms with E-state index < -0.39 is 17.3 Å². The van der Waals surface area contributed by atoms with Gasteiger partial charge in [-0.05, 0) is 31.0 Å². The Hall–Kier alpha value is -4.00. The Balaban J connectivity index is 1.24. The lowest BCUT2D eigenvalue weighted by molar-refractivity contribution is -0.134. The lowest BCUT2D eigenvalue weighted by Gasteiger charge is -2.43. The fourth-order valence-electron chi connectivity index (χ4n) is 5.50. The summed E-state index contributed by atoms with van der Waals surface area (Å²) in [4.78, 5) is 33.9. The molecular weight excluding hydrogens is 439 g/mol. The van der Waals surface area contributed by atoms with E-state index >= 15 is 4.39 Å². The van der Waals surface area contributed by atoms with Crippen molar-refractivity contribution in [3.8, 4) is 11.9 Å². The minimum absolute atomic E-state index is 0.209. The van der Waals surface area contributed by atoms with Crippen molar-refractivity contribution in [2.75, 3.05) is 18.0 Å². The standard InChI is InChI=1S/C24H21FN6O3/c25-16-4-1-5-19-22(16)24(23(33)31(19)13-21(32)30-8-2-3-14(30)11-26)9-15(10-24)34-20-7-6-17-18(28-20)12-27-29-17/h1,4-7,12,14-15H,2-3,8-10,13H2,(H,27,29)/t14-,15?,24?/m0/s1. The van der Waals surface area contributed by atoms with Crippen LogP contribution in [0.2, 0.25) is 0 Å². The second-order valence-electron chi connectivity index (χ2n) is 9.08. The smallest absolute Gasteiger partial charge is 0.243 e. The fourth-order valence-corrected chi connectivity index (χ4v) is 5.50. The van der Waals surface area contributed by atoms with Crippen LogP contribution in [0.5, 0.6) is 5.88 Å².